The highest BCUT2D eigenvalue weighted by atomic mass is 35.5. The van der Waals surface area contributed by atoms with Gasteiger partial charge in [0, 0.05) is 17.9 Å². The largest absolute Gasteiger partial charge is 0.368 e. The quantitative estimate of drug-likeness (QED) is 0.453. The first kappa shape index (κ1) is 23.8. The molecular formula is C23H24ClFN6O3. The van der Waals surface area contributed by atoms with Crippen molar-refractivity contribution in [3.8, 4) is 0 Å². The molecule has 2 aromatic rings. The van der Waals surface area contributed by atoms with Gasteiger partial charge >= 0.3 is 0 Å². The fourth-order valence-corrected chi connectivity index (χ4v) is 4.16. The molecule has 9 nitrogen and oxygen atoms in total. The summed E-state index contributed by atoms with van der Waals surface area (Å²) in [5, 5.41) is 8.39. The zero-order valence-corrected chi connectivity index (χ0v) is 19.0. The summed E-state index contributed by atoms with van der Waals surface area (Å²) in [6.07, 6.45) is 1.47. The van der Waals surface area contributed by atoms with Crippen LogP contribution >= 0.6 is 11.6 Å². The first-order chi connectivity index (χ1) is 16.3. The molecule has 1 saturated heterocycles. The third kappa shape index (κ3) is 4.93. The molecule has 4 rings (SSSR count). The average Bonchev–Trinajstić information content (AvgIpc) is 3.19. The summed E-state index contributed by atoms with van der Waals surface area (Å²) in [7, 11) is 0. The summed E-state index contributed by atoms with van der Waals surface area (Å²) in [5.74, 6) is -2.20. The van der Waals surface area contributed by atoms with Gasteiger partial charge in [-0.25, -0.2) is 4.39 Å². The number of hydrogen-bond donors (Lipinski definition) is 4. The number of primary amides is 1. The van der Waals surface area contributed by atoms with Crippen LogP contribution in [0.2, 0.25) is 5.02 Å². The number of nitrogens with two attached hydrogens (primary N) is 1. The molecule has 0 saturated carbocycles. The second-order valence-corrected chi connectivity index (χ2v) is 8.57. The topological polar surface area (TPSA) is 129 Å². The minimum atomic E-state index is -1.32. The van der Waals surface area contributed by atoms with Gasteiger partial charge in [-0.1, -0.05) is 11.6 Å². The number of benzene rings is 2. The molecule has 2 heterocycles. The van der Waals surface area contributed by atoms with Crippen LogP contribution in [0.5, 0.6) is 0 Å². The van der Waals surface area contributed by atoms with Crippen molar-refractivity contribution in [3.05, 3.63) is 58.9 Å². The lowest BCUT2D eigenvalue weighted by Crippen LogP contribution is -2.61. The standard InChI is InChI=1S/C23H24ClFN6O3/c24-18-12-14(25)2-7-17(18)20(32)29-15-3-5-16(6-4-15)30-21(33)19-23(22(26)34,28-13-27-19)8-11-31-9-1-10-31/h2-7,12,28H,1,8-11,13H2,(H2,26,34)(H,29,32)(H,30,33). The highest BCUT2D eigenvalue weighted by molar-refractivity contribution is 6.50. The molecule has 2 aliphatic heterocycles. The molecule has 0 aliphatic carbocycles. The second kappa shape index (κ2) is 9.88. The highest BCUT2D eigenvalue weighted by Crippen LogP contribution is 2.23. The summed E-state index contributed by atoms with van der Waals surface area (Å²) < 4.78 is 13.2. The molecule has 0 radical (unpaired) electrons. The Morgan fingerprint density at radius 1 is 1.09 bits per heavy atom. The van der Waals surface area contributed by atoms with Crippen LogP contribution in [-0.2, 0) is 9.59 Å². The normalized spacial score (nSPS) is 19.8. The molecule has 1 atom stereocenters. The van der Waals surface area contributed by atoms with Gasteiger partial charge in [0.25, 0.3) is 11.8 Å². The van der Waals surface area contributed by atoms with Gasteiger partial charge in [0.05, 0.1) is 17.3 Å². The molecule has 5 N–H and O–H groups in total. The molecule has 11 heteroatoms. The van der Waals surface area contributed by atoms with Crippen molar-refractivity contribution in [1.82, 2.24) is 10.2 Å². The Kier molecular flexibility index (Phi) is 6.92. The third-order valence-electron chi connectivity index (χ3n) is 5.99. The van der Waals surface area contributed by atoms with Gasteiger partial charge in [0.15, 0.2) is 0 Å². The molecule has 0 aromatic heterocycles. The fourth-order valence-electron chi connectivity index (χ4n) is 3.90. The predicted molar refractivity (Wildman–Crippen MR) is 127 cm³/mol. The summed E-state index contributed by atoms with van der Waals surface area (Å²) in [6, 6.07) is 9.87. The van der Waals surface area contributed by atoms with E-state index in [1.54, 1.807) is 24.3 Å². The lowest BCUT2D eigenvalue weighted by atomic mass is 9.88. The Labute approximate surface area is 200 Å². The average molecular weight is 487 g/mol. The lowest BCUT2D eigenvalue weighted by Gasteiger charge is -2.35. The number of likely N-dealkylation sites (tertiary alicyclic amines) is 1. The molecule has 178 valence electrons. The molecule has 34 heavy (non-hydrogen) atoms. The molecular weight excluding hydrogens is 463 g/mol. The van der Waals surface area contributed by atoms with E-state index in [0.29, 0.717) is 24.3 Å². The van der Waals surface area contributed by atoms with E-state index in [-0.39, 0.29) is 23.0 Å². The Morgan fingerprint density at radius 2 is 1.74 bits per heavy atom. The minimum Gasteiger partial charge on any atom is -0.368 e. The van der Waals surface area contributed by atoms with Crippen LogP contribution in [0.1, 0.15) is 23.2 Å². The van der Waals surface area contributed by atoms with Crippen LogP contribution in [-0.4, -0.2) is 60.2 Å². The number of nitrogens with one attached hydrogen (secondary N) is 3. The molecule has 2 aliphatic rings. The van der Waals surface area contributed by atoms with Gasteiger partial charge in [0.2, 0.25) is 5.91 Å². The van der Waals surface area contributed by atoms with E-state index in [4.69, 9.17) is 17.3 Å². The lowest BCUT2D eigenvalue weighted by molar-refractivity contribution is -0.123. The molecule has 2 aromatic carbocycles. The summed E-state index contributed by atoms with van der Waals surface area (Å²) in [6.45, 7) is 2.69. The number of carbonyl (C=O) groups excluding carboxylic acids is 3. The van der Waals surface area contributed by atoms with E-state index in [1.165, 1.54) is 6.07 Å². The number of carbonyl (C=O) groups is 3. The number of amides is 3. The monoisotopic (exact) mass is 486 g/mol. The maximum atomic E-state index is 13.2. The molecule has 0 bridgehead atoms. The van der Waals surface area contributed by atoms with Crippen molar-refractivity contribution in [3.63, 3.8) is 0 Å². The summed E-state index contributed by atoms with van der Waals surface area (Å²) >= 11 is 5.93. The second-order valence-electron chi connectivity index (χ2n) is 8.17. The minimum absolute atomic E-state index is 0.000580. The van der Waals surface area contributed by atoms with Crippen LogP contribution in [0, 0.1) is 5.82 Å². The van der Waals surface area contributed by atoms with E-state index in [0.717, 1.165) is 31.6 Å². The van der Waals surface area contributed by atoms with Crippen molar-refractivity contribution >= 4 is 46.4 Å². The number of hydrogen-bond acceptors (Lipinski definition) is 6. The van der Waals surface area contributed by atoms with E-state index in [1.807, 2.05) is 0 Å². The highest BCUT2D eigenvalue weighted by Gasteiger charge is 2.48. The molecule has 3 amide bonds. The number of rotatable bonds is 8. The van der Waals surface area contributed by atoms with E-state index in [2.05, 4.69) is 25.8 Å². The van der Waals surface area contributed by atoms with Crippen molar-refractivity contribution < 1.29 is 18.8 Å². The summed E-state index contributed by atoms with van der Waals surface area (Å²) in [4.78, 5) is 44.1. The van der Waals surface area contributed by atoms with Gasteiger partial charge in [-0.15, -0.1) is 0 Å². The zero-order valence-electron chi connectivity index (χ0n) is 18.2. The smallest absolute Gasteiger partial charge is 0.272 e. The number of halogens is 2. The Morgan fingerprint density at radius 3 is 2.29 bits per heavy atom. The third-order valence-corrected chi connectivity index (χ3v) is 6.30. The number of aliphatic imine (C=N–C) groups is 1. The van der Waals surface area contributed by atoms with Gasteiger partial charge in [-0.2, -0.15) is 0 Å². The van der Waals surface area contributed by atoms with Crippen molar-refractivity contribution in [2.45, 2.75) is 18.4 Å². The van der Waals surface area contributed by atoms with Gasteiger partial charge in [-0.05, 0) is 68.4 Å². The van der Waals surface area contributed by atoms with Crippen molar-refractivity contribution in [2.75, 3.05) is 36.9 Å². The van der Waals surface area contributed by atoms with Crippen LogP contribution in [0.15, 0.2) is 47.5 Å². The van der Waals surface area contributed by atoms with Crippen LogP contribution in [0.25, 0.3) is 0 Å². The Hall–Kier alpha value is -3.34. The van der Waals surface area contributed by atoms with E-state index >= 15 is 0 Å². The predicted octanol–water partition coefficient (Wildman–Crippen LogP) is 1.99. The van der Waals surface area contributed by atoms with Crippen LogP contribution in [0.3, 0.4) is 0 Å². The first-order valence-electron chi connectivity index (χ1n) is 10.8. The molecule has 0 spiro atoms. The molecule has 1 fully saturated rings. The number of anilines is 2. The Balaban J connectivity index is 1.40. The maximum Gasteiger partial charge on any atom is 0.272 e. The fraction of sp³-hybridized carbons (Fsp3) is 0.304. The van der Waals surface area contributed by atoms with Gasteiger partial charge < -0.3 is 21.3 Å². The van der Waals surface area contributed by atoms with Crippen molar-refractivity contribution in [2.24, 2.45) is 10.7 Å². The van der Waals surface area contributed by atoms with Gasteiger partial charge in [0.1, 0.15) is 17.1 Å². The Bertz CT molecular complexity index is 1150. The van der Waals surface area contributed by atoms with Crippen LogP contribution < -0.4 is 21.7 Å². The number of nitrogens with zero attached hydrogens (tertiary/aromatic N) is 2. The molecule has 1 unspecified atom stereocenters. The van der Waals surface area contributed by atoms with Gasteiger partial charge in [-0.3, -0.25) is 24.7 Å². The van der Waals surface area contributed by atoms with Crippen molar-refractivity contribution in [1.29, 1.82) is 0 Å². The zero-order chi connectivity index (χ0) is 24.3. The van der Waals surface area contributed by atoms with E-state index in [9.17, 15) is 18.8 Å². The van der Waals surface area contributed by atoms with Crippen LogP contribution in [0.4, 0.5) is 15.8 Å². The SMILES string of the molecule is NC(=O)C1(CCN2CCC2)NCN=C1C(=O)Nc1ccc(NC(=O)c2ccc(F)cc2Cl)cc1. The van der Waals surface area contributed by atoms with E-state index < -0.39 is 29.1 Å². The maximum absolute atomic E-state index is 13.2. The summed E-state index contributed by atoms with van der Waals surface area (Å²) in [5.41, 5.74) is 5.45. The first-order valence-corrected chi connectivity index (χ1v) is 11.2.